The second-order valence-corrected chi connectivity index (χ2v) is 13.4. The van der Waals surface area contributed by atoms with E-state index in [1.165, 1.54) is 16.4 Å². The molecule has 1 N–H and O–H groups in total. The van der Waals surface area contributed by atoms with E-state index in [9.17, 15) is 18.0 Å². The number of carbonyl (C=O) groups excluding carboxylic acids is 2. The van der Waals surface area contributed by atoms with Crippen LogP contribution in [0.5, 0.6) is 0 Å². The third kappa shape index (κ3) is 8.39. The van der Waals surface area contributed by atoms with E-state index < -0.39 is 28.5 Å². The summed E-state index contributed by atoms with van der Waals surface area (Å²) in [5, 5.41) is 3.08. The van der Waals surface area contributed by atoms with Crippen LogP contribution in [0.25, 0.3) is 0 Å². The van der Waals surface area contributed by atoms with Crippen molar-refractivity contribution in [2.45, 2.75) is 71.0 Å². The van der Waals surface area contributed by atoms with E-state index in [0.717, 1.165) is 28.7 Å². The van der Waals surface area contributed by atoms with Gasteiger partial charge in [-0.25, -0.2) is 8.42 Å². The van der Waals surface area contributed by atoms with Crippen molar-refractivity contribution in [3.8, 4) is 0 Å². The Kier molecular flexibility index (Phi) is 11.2. The summed E-state index contributed by atoms with van der Waals surface area (Å²) in [5.41, 5.74) is 4.75. The number of nitrogens with zero attached hydrogens (tertiary/aromatic N) is 2. The van der Waals surface area contributed by atoms with Crippen molar-refractivity contribution in [1.29, 1.82) is 0 Å². The fourth-order valence-corrected chi connectivity index (χ4v) is 6.68. The number of anilines is 1. The molecule has 0 unspecified atom stereocenters. The van der Waals surface area contributed by atoms with Crippen LogP contribution in [0, 0.1) is 20.8 Å². The third-order valence-electron chi connectivity index (χ3n) is 8.12. The molecule has 0 radical (unpaired) electrons. The summed E-state index contributed by atoms with van der Waals surface area (Å²) in [4.78, 5) is 30.3. The molecule has 2 amide bonds. The van der Waals surface area contributed by atoms with Crippen molar-refractivity contribution in [2.24, 2.45) is 0 Å². The zero-order valence-corrected chi connectivity index (χ0v) is 27.6. The van der Waals surface area contributed by atoms with Crippen LogP contribution in [-0.2, 0) is 32.6 Å². The molecule has 0 aliphatic heterocycles. The maximum atomic E-state index is 14.6. The number of hydrogen-bond donors (Lipinski definition) is 1. The molecule has 0 saturated carbocycles. The highest BCUT2D eigenvalue weighted by molar-refractivity contribution is 7.92. The molecule has 0 aromatic heterocycles. The molecule has 4 aromatic rings. The molecule has 0 spiro atoms. The molecule has 0 aliphatic carbocycles. The minimum absolute atomic E-state index is 0.0829. The molecule has 2 atom stereocenters. The smallest absolute Gasteiger partial charge is 0.264 e. The number of benzene rings is 4. The van der Waals surface area contributed by atoms with E-state index in [-0.39, 0.29) is 29.8 Å². The Morgan fingerprint density at radius 1 is 0.800 bits per heavy atom. The average Bonchev–Trinajstić information content (AvgIpc) is 3.04. The number of aryl methyl sites for hydroxylation is 3. The van der Waals surface area contributed by atoms with Crippen LogP contribution in [0.1, 0.15) is 48.1 Å². The van der Waals surface area contributed by atoms with Gasteiger partial charge in [0.05, 0.1) is 10.6 Å². The van der Waals surface area contributed by atoms with Gasteiger partial charge in [0.15, 0.2) is 0 Å². The Hall–Kier alpha value is -4.43. The van der Waals surface area contributed by atoms with Gasteiger partial charge in [-0.15, -0.1) is 0 Å². The van der Waals surface area contributed by atoms with Crippen LogP contribution in [0.15, 0.2) is 108 Å². The SMILES string of the molecule is CC[C@H](C)NC(=O)[C@H](Cc1ccccc1)N(Cc1ccccc1C)C(=O)CN(c1cc(C)ccc1C)S(=O)(=O)c1ccccc1. The predicted octanol–water partition coefficient (Wildman–Crippen LogP) is 6.36. The van der Waals surface area contributed by atoms with Crippen molar-refractivity contribution in [1.82, 2.24) is 10.2 Å². The second kappa shape index (κ2) is 15.0. The molecule has 0 saturated heterocycles. The van der Waals surface area contributed by atoms with Crippen LogP contribution in [-0.4, -0.2) is 43.8 Å². The Bertz CT molecular complexity index is 1710. The van der Waals surface area contributed by atoms with E-state index in [0.29, 0.717) is 11.3 Å². The van der Waals surface area contributed by atoms with Crippen molar-refractivity contribution < 1.29 is 18.0 Å². The van der Waals surface area contributed by atoms with Crippen molar-refractivity contribution in [3.63, 3.8) is 0 Å². The van der Waals surface area contributed by atoms with Gasteiger partial charge in [-0.3, -0.25) is 13.9 Å². The predicted molar refractivity (Wildman–Crippen MR) is 180 cm³/mol. The molecular weight excluding hydrogens is 582 g/mol. The van der Waals surface area contributed by atoms with Crippen molar-refractivity contribution in [2.75, 3.05) is 10.8 Å². The quantitative estimate of drug-likeness (QED) is 0.187. The van der Waals surface area contributed by atoms with Gasteiger partial charge in [0.1, 0.15) is 12.6 Å². The molecule has 7 nitrogen and oxygen atoms in total. The van der Waals surface area contributed by atoms with Crippen LogP contribution < -0.4 is 9.62 Å². The normalized spacial score (nSPS) is 12.6. The second-order valence-electron chi connectivity index (χ2n) is 11.6. The molecule has 0 fully saturated rings. The zero-order valence-electron chi connectivity index (χ0n) is 26.7. The number of rotatable bonds is 13. The lowest BCUT2D eigenvalue weighted by Gasteiger charge is -2.35. The van der Waals surface area contributed by atoms with Gasteiger partial charge in [-0.05, 0) is 80.1 Å². The lowest BCUT2D eigenvalue weighted by atomic mass is 10.0. The van der Waals surface area contributed by atoms with Gasteiger partial charge in [0, 0.05) is 19.0 Å². The molecule has 236 valence electrons. The number of nitrogens with one attached hydrogen (secondary N) is 1. The maximum Gasteiger partial charge on any atom is 0.264 e. The topological polar surface area (TPSA) is 86.8 Å². The Labute approximate surface area is 268 Å². The Morgan fingerprint density at radius 2 is 1.42 bits per heavy atom. The molecule has 0 aliphatic rings. The fourth-order valence-electron chi connectivity index (χ4n) is 5.19. The highest BCUT2D eigenvalue weighted by Gasteiger charge is 2.35. The first-order valence-electron chi connectivity index (χ1n) is 15.3. The summed E-state index contributed by atoms with van der Waals surface area (Å²) in [6.45, 7) is 9.26. The van der Waals surface area contributed by atoms with E-state index in [4.69, 9.17) is 0 Å². The van der Waals surface area contributed by atoms with Crippen LogP contribution in [0.3, 0.4) is 0 Å². The van der Waals surface area contributed by atoms with Gasteiger partial charge in [0.2, 0.25) is 11.8 Å². The Balaban J connectivity index is 1.84. The first kappa shape index (κ1) is 33.5. The molecule has 0 heterocycles. The number of amides is 2. The summed E-state index contributed by atoms with van der Waals surface area (Å²) in [5.74, 6) is -0.752. The minimum atomic E-state index is -4.15. The van der Waals surface area contributed by atoms with E-state index in [1.54, 1.807) is 29.2 Å². The van der Waals surface area contributed by atoms with Gasteiger partial charge in [0.25, 0.3) is 10.0 Å². The largest absolute Gasteiger partial charge is 0.352 e. The average molecular weight is 626 g/mol. The molecule has 4 aromatic carbocycles. The summed E-state index contributed by atoms with van der Waals surface area (Å²) >= 11 is 0. The van der Waals surface area contributed by atoms with Gasteiger partial charge in [-0.2, -0.15) is 0 Å². The van der Waals surface area contributed by atoms with Crippen molar-refractivity contribution in [3.05, 3.63) is 131 Å². The van der Waals surface area contributed by atoms with Gasteiger partial charge >= 0.3 is 0 Å². The standard InChI is InChI=1S/C37H43N3O4S/c1-6-30(5)38-37(42)35(24-31-16-9-7-10-17-31)39(25-32-18-14-13-15-28(32)3)36(41)26-40(34-23-27(2)21-22-29(34)4)45(43,44)33-19-11-8-12-20-33/h7-23,30,35H,6,24-26H2,1-5H3,(H,38,42)/t30-,35-/m0/s1. The first-order chi connectivity index (χ1) is 21.5. The van der Waals surface area contributed by atoms with Crippen LogP contribution in [0.4, 0.5) is 5.69 Å². The lowest BCUT2D eigenvalue weighted by molar-refractivity contribution is -0.140. The van der Waals surface area contributed by atoms with E-state index in [2.05, 4.69) is 5.32 Å². The fraction of sp³-hybridized carbons (Fsp3) is 0.297. The highest BCUT2D eigenvalue weighted by atomic mass is 32.2. The summed E-state index contributed by atoms with van der Waals surface area (Å²) in [7, 11) is -4.15. The zero-order chi connectivity index (χ0) is 32.6. The van der Waals surface area contributed by atoms with Crippen LogP contribution >= 0.6 is 0 Å². The molecule has 0 bridgehead atoms. The molecule has 8 heteroatoms. The molecule has 4 rings (SSSR count). The molecule has 45 heavy (non-hydrogen) atoms. The lowest BCUT2D eigenvalue weighted by Crippen LogP contribution is -2.54. The van der Waals surface area contributed by atoms with Gasteiger partial charge < -0.3 is 10.2 Å². The van der Waals surface area contributed by atoms with E-state index >= 15 is 0 Å². The Morgan fingerprint density at radius 3 is 2.07 bits per heavy atom. The summed E-state index contributed by atoms with van der Waals surface area (Å²) < 4.78 is 29.6. The van der Waals surface area contributed by atoms with Gasteiger partial charge in [-0.1, -0.05) is 91.9 Å². The third-order valence-corrected chi connectivity index (χ3v) is 9.89. The maximum absolute atomic E-state index is 14.6. The number of sulfonamides is 1. The molecular formula is C37H43N3O4S. The van der Waals surface area contributed by atoms with E-state index in [1.807, 2.05) is 101 Å². The van der Waals surface area contributed by atoms with Crippen LogP contribution in [0.2, 0.25) is 0 Å². The monoisotopic (exact) mass is 625 g/mol. The minimum Gasteiger partial charge on any atom is -0.352 e. The summed E-state index contributed by atoms with van der Waals surface area (Å²) in [6.07, 6.45) is 1.00. The first-order valence-corrected chi connectivity index (χ1v) is 16.8. The van der Waals surface area contributed by atoms with Crippen molar-refractivity contribution >= 4 is 27.5 Å². The number of carbonyl (C=O) groups is 2. The number of hydrogen-bond acceptors (Lipinski definition) is 4. The summed E-state index contributed by atoms with van der Waals surface area (Å²) in [6, 6.07) is 30.0. The highest BCUT2D eigenvalue weighted by Crippen LogP contribution is 2.29.